The topological polar surface area (TPSA) is 69.7 Å². The van der Waals surface area contributed by atoms with Gasteiger partial charge in [0.25, 0.3) is 5.69 Å². The number of non-ortho nitro benzene ring substituents is 1. The third-order valence-corrected chi connectivity index (χ3v) is 3.02. The van der Waals surface area contributed by atoms with Crippen molar-refractivity contribution in [2.75, 3.05) is 0 Å². The summed E-state index contributed by atoms with van der Waals surface area (Å²) in [5.41, 5.74) is 0.858. The van der Waals surface area contributed by atoms with Crippen LogP contribution in [0.5, 0.6) is 11.5 Å². The minimum absolute atomic E-state index is 0.0788. The fraction of sp³-hybridized carbons (Fsp3) is 0. The second kappa shape index (κ2) is 4.82. The Kier molecular flexibility index (Phi) is 3.00. The van der Waals surface area contributed by atoms with E-state index in [0.717, 1.165) is 5.52 Å². The highest BCUT2D eigenvalue weighted by Crippen LogP contribution is 2.32. The largest absolute Gasteiger partial charge is 0.454 e. The van der Waals surface area contributed by atoms with Gasteiger partial charge in [0.05, 0.1) is 21.7 Å². The molecule has 1 aromatic carbocycles. The molecule has 3 aromatic rings. The average molecular weight is 290 g/mol. The van der Waals surface area contributed by atoms with Gasteiger partial charge in [-0.15, -0.1) is 0 Å². The highest BCUT2D eigenvalue weighted by molar-refractivity contribution is 6.32. The van der Waals surface area contributed by atoms with Crippen molar-refractivity contribution in [3.05, 3.63) is 63.9 Å². The van der Waals surface area contributed by atoms with E-state index in [4.69, 9.17) is 16.3 Å². The molecule has 0 aliphatic heterocycles. The molecular weight excluding hydrogens is 282 g/mol. The molecule has 0 bridgehead atoms. The van der Waals surface area contributed by atoms with Crippen molar-refractivity contribution in [3.8, 4) is 11.5 Å². The van der Waals surface area contributed by atoms with Crippen LogP contribution < -0.4 is 4.74 Å². The number of hydrogen-bond donors (Lipinski definition) is 0. The minimum atomic E-state index is -0.508. The Balaban J connectivity index is 1.92. The third-order valence-electron chi connectivity index (χ3n) is 2.72. The monoisotopic (exact) mass is 289 g/mol. The van der Waals surface area contributed by atoms with Crippen molar-refractivity contribution < 1.29 is 9.66 Å². The van der Waals surface area contributed by atoms with Crippen LogP contribution in [0.1, 0.15) is 0 Å². The van der Waals surface area contributed by atoms with Gasteiger partial charge in [-0.25, -0.2) is 4.52 Å². The second-order valence-electron chi connectivity index (χ2n) is 4.04. The van der Waals surface area contributed by atoms with E-state index in [9.17, 15) is 10.1 Å². The lowest BCUT2D eigenvalue weighted by Gasteiger charge is -2.07. The van der Waals surface area contributed by atoms with E-state index in [1.165, 1.54) is 18.2 Å². The number of aromatic nitrogens is 2. The Morgan fingerprint density at radius 1 is 1.25 bits per heavy atom. The molecule has 0 radical (unpaired) electrons. The molecule has 0 atom stereocenters. The van der Waals surface area contributed by atoms with Gasteiger partial charge in [0.1, 0.15) is 11.5 Å². The first-order valence-corrected chi connectivity index (χ1v) is 6.06. The van der Waals surface area contributed by atoms with Crippen molar-refractivity contribution in [1.82, 2.24) is 9.61 Å². The lowest BCUT2D eigenvalue weighted by Crippen LogP contribution is -1.92. The molecule has 7 heteroatoms. The number of fused-ring (bicyclic) bond motifs is 1. The Morgan fingerprint density at radius 2 is 2.10 bits per heavy atom. The van der Waals surface area contributed by atoms with Crippen molar-refractivity contribution >= 4 is 22.8 Å². The summed E-state index contributed by atoms with van der Waals surface area (Å²) in [5, 5.41) is 14.9. The van der Waals surface area contributed by atoms with Gasteiger partial charge in [0, 0.05) is 18.3 Å². The average Bonchev–Trinajstić information content (AvgIpc) is 2.88. The van der Waals surface area contributed by atoms with Crippen molar-refractivity contribution in [2.24, 2.45) is 0 Å². The molecule has 3 rings (SSSR count). The molecule has 2 aromatic heterocycles. The Hall–Kier alpha value is -2.60. The molecule has 20 heavy (non-hydrogen) atoms. The molecule has 2 heterocycles. The molecule has 0 spiro atoms. The first kappa shape index (κ1) is 12.4. The summed E-state index contributed by atoms with van der Waals surface area (Å²) in [6.07, 6.45) is 3.38. The summed E-state index contributed by atoms with van der Waals surface area (Å²) in [4.78, 5) is 10.1. The quantitative estimate of drug-likeness (QED) is 0.544. The highest BCUT2D eigenvalue weighted by Gasteiger charge is 2.11. The smallest absolute Gasteiger partial charge is 0.271 e. The van der Waals surface area contributed by atoms with E-state index in [1.54, 1.807) is 23.0 Å². The third kappa shape index (κ3) is 2.28. The lowest BCUT2D eigenvalue weighted by molar-refractivity contribution is -0.384. The van der Waals surface area contributed by atoms with Crippen LogP contribution in [0.3, 0.4) is 0 Å². The molecule has 100 valence electrons. The molecule has 0 fully saturated rings. The van der Waals surface area contributed by atoms with Gasteiger partial charge in [-0.2, -0.15) is 5.10 Å². The van der Waals surface area contributed by atoms with Gasteiger partial charge in [-0.05, 0) is 24.3 Å². The summed E-state index contributed by atoms with van der Waals surface area (Å²) in [6.45, 7) is 0. The molecule has 0 saturated carbocycles. The normalized spacial score (nSPS) is 10.7. The maximum Gasteiger partial charge on any atom is 0.271 e. The molecule has 0 aliphatic carbocycles. The SMILES string of the molecule is O=[N+]([O-])c1ccc(Oc2ccc3ccnn3c2)c(Cl)c1. The van der Waals surface area contributed by atoms with E-state index < -0.39 is 4.92 Å². The number of nitro groups is 1. The minimum Gasteiger partial charge on any atom is -0.454 e. The van der Waals surface area contributed by atoms with Crippen molar-refractivity contribution in [1.29, 1.82) is 0 Å². The first-order valence-electron chi connectivity index (χ1n) is 5.69. The number of pyridine rings is 1. The predicted octanol–water partition coefficient (Wildman–Crippen LogP) is 3.69. The summed E-state index contributed by atoms with van der Waals surface area (Å²) in [6, 6.07) is 9.55. The number of benzene rings is 1. The first-order chi connectivity index (χ1) is 9.63. The number of ether oxygens (including phenoxy) is 1. The predicted molar refractivity (Wildman–Crippen MR) is 73.4 cm³/mol. The zero-order valence-corrected chi connectivity index (χ0v) is 10.8. The van der Waals surface area contributed by atoms with Crippen LogP contribution in [0.25, 0.3) is 5.52 Å². The molecule has 0 amide bonds. The van der Waals surface area contributed by atoms with E-state index in [-0.39, 0.29) is 10.7 Å². The van der Waals surface area contributed by atoms with Crippen LogP contribution in [0.15, 0.2) is 48.8 Å². The maximum atomic E-state index is 10.6. The van der Waals surface area contributed by atoms with E-state index >= 15 is 0 Å². The van der Waals surface area contributed by atoms with Gasteiger partial charge >= 0.3 is 0 Å². The van der Waals surface area contributed by atoms with Gasteiger partial charge in [0.15, 0.2) is 0 Å². The number of hydrogen-bond acceptors (Lipinski definition) is 4. The number of halogens is 1. The van der Waals surface area contributed by atoms with E-state index in [2.05, 4.69) is 5.10 Å². The summed E-state index contributed by atoms with van der Waals surface area (Å²) in [5.74, 6) is 0.890. The summed E-state index contributed by atoms with van der Waals surface area (Å²) >= 11 is 5.97. The number of nitrogens with zero attached hydrogens (tertiary/aromatic N) is 3. The standard InChI is InChI=1S/C13H8ClN3O3/c14-12-7-10(17(18)19)2-4-13(12)20-11-3-1-9-5-6-15-16(9)8-11/h1-8H. The lowest BCUT2D eigenvalue weighted by atomic mass is 10.3. The van der Waals surface area contributed by atoms with E-state index in [0.29, 0.717) is 11.5 Å². The van der Waals surface area contributed by atoms with Gasteiger partial charge in [-0.3, -0.25) is 10.1 Å². The summed E-state index contributed by atoms with van der Waals surface area (Å²) < 4.78 is 7.27. The van der Waals surface area contributed by atoms with Gasteiger partial charge in [-0.1, -0.05) is 11.6 Å². The molecule has 6 nitrogen and oxygen atoms in total. The van der Waals surface area contributed by atoms with E-state index in [1.807, 2.05) is 12.1 Å². The molecule has 0 unspecified atom stereocenters. The van der Waals surface area contributed by atoms with Crippen LogP contribution in [0, 0.1) is 10.1 Å². The summed E-state index contributed by atoms with van der Waals surface area (Å²) in [7, 11) is 0. The maximum absolute atomic E-state index is 10.6. The Bertz CT molecular complexity index is 800. The van der Waals surface area contributed by atoms with Crippen molar-refractivity contribution in [2.45, 2.75) is 0 Å². The molecule has 0 aliphatic rings. The Morgan fingerprint density at radius 3 is 2.85 bits per heavy atom. The number of rotatable bonds is 3. The molecular formula is C13H8ClN3O3. The van der Waals surface area contributed by atoms with Crippen LogP contribution in [-0.4, -0.2) is 14.5 Å². The molecule has 0 saturated heterocycles. The fourth-order valence-electron chi connectivity index (χ4n) is 1.77. The zero-order chi connectivity index (χ0) is 14.1. The number of nitro benzene ring substituents is 1. The van der Waals surface area contributed by atoms with Crippen LogP contribution >= 0.6 is 11.6 Å². The fourth-order valence-corrected chi connectivity index (χ4v) is 1.98. The van der Waals surface area contributed by atoms with Crippen LogP contribution in [0.2, 0.25) is 5.02 Å². The van der Waals surface area contributed by atoms with Gasteiger partial charge < -0.3 is 4.74 Å². The van der Waals surface area contributed by atoms with Crippen LogP contribution in [-0.2, 0) is 0 Å². The van der Waals surface area contributed by atoms with Crippen molar-refractivity contribution in [3.63, 3.8) is 0 Å². The zero-order valence-electron chi connectivity index (χ0n) is 10.1. The van der Waals surface area contributed by atoms with Crippen LogP contribution in [0.4, 0.5) is 5.69 Å². The highest BCUT2D eigenvalue weighted by atomic mass is 35.5. The Labute approximate surface area is 118 Å². The van der Waals surface area contributed by atoms with Gasteiger partial charge in [0.2, 0.25) is 0 Å². The second-order valence-corrected chi connectivity index (χ2v) is 4.45. The molecule has 0 N–H and O–H groups in total.